The number of aliphatic hydroxyl groups is 1. The van der Waals surface area contributed by atoms with Crippen LogP contribution in [-0.4, -0.2) is 23.1 Å². The standard InChI is InChI=1S/C34H35NO3/c1-5-33(36)34(4,37)24-38-32-22-14-28(15-23-32)11-10-27-12-20-31(21-13-27)35(29-16-6-25(2)7-17-29)30-18-8-26(3)9-19-30/h5-9,12-23,37H,1,10-11,24H2,2-4H3. The van der Waals surface area contributed by atoms with E-state index >= 15 is 0 Å². The van der Waals surface area contributed by atoms with E-state index in [0.717, 1.165) is 36.0 Å². The molecule has 0 bridgehead atoms. The highest BCUT2D eigenvalue weighted by atomic mass is 16.5. The summed E-state index contributed by atoms with van der Waals surface area (Å²) in [4.78, 5) is 14.0. The van der Waals surface area contributed by atoms with Gasteiger partial charge in [-0.05, 0) is 99.3 Å². The Morgan fingerprint density at radius 2 is 1.16 bits per heavy atom. The van der Waals surface area contributed by atoms with Crippen LogP contribution in [0.15, 0.2) is 110 Å². The van der Waals surface area contributed by atoms with E-state index in [1.54, 1.807) is 0 Å². The monoisotopic (exact) mass is 505 g/mol. The summed E-state index contributed by atoms with van der Waals surface area (Å²) < 4.78 is 5.61. The van der Waals surface area contributed by atoms with Crippen molar-refractivity contribution in [2.45, 2.75) is 39.2 Å². The molecule has 0 aromatic heterocycles. The van der Waals surface area contributed by atoms with Crippen LogP contribution in [0.4, 0.5) is 17.1 Å². The zero-order valence-corrected chi connectivity index (χ0v) is 22.4. The Bertz CT molecular complexity index is 1310. The second-order valence-corrected chi connectivity index (χ2v) is 9.95. The third kappa shape index (κ3) is 6.78. The van der Waals surface area contributed by atoms with E-state index in [1.807, 2.05) is 24.3 Å². The van der Waals surface area contributed by atoms with Gasteiger partial charge in [0.1, 0.15) is 12.4 Å². The van der Waals surface area contributed by atoms with Gasteiger partial charge in [-0.25, -0.2) is 0 Å². The summed E-state index contributed by atoms with van der Waals surface area (Å²) in [5.74, 6) is 0.156. The molecule has 0 spiro atoms. The van der Waals surface area contributed by atoms with Crippen molar-refractivity contribution < 1.29 is 14.6 Å². The largest absolute Gasteiger partial charge is 0.490 e. The second kappa shape index (κ2) is 11.9. The highest BCUT2D eigenvalue weighted by molar-refractivity contribution is 5.96. The van der Waals surface area contributed by atoms with E-state index in [4.69, 9.17) is 4.74 Å². The van der Waals surface area contributed by atoms with Gasteiger partial charge in [-0.3, -0.25) is 4.79 Å². The molecule has 4 aromatic rings. The van der Waals surface area contributed by atoms with Crippen LogP contribution in [0.1, 0.15) is 29.2 Å². The molecule has 4 heteroatoms. The van der Waals surface area contributed by atoms with Crippen LogP contribution in [-0.2, 0) is 17.6 Å². The number of carbonyl (C=O) groups is 1. The number of carbonyl (C=O) groups excluding carboxylic acids is 1. The molecule has 194 valence electrons. The lowest BCUT2D eigenvalue weighted by atomic mass is 10.0. The van der Waals surface area contributed by atoms with Crippen LogP contribution in [0.2, 0.25) is 0 Å². The maximum Gasteiger partial charge on any atom is 0.189 e. The van der Waals surface area contributed by atoms with E-state index in [9.17, 15) is 9.90 Å². The first-order valence-electron chi connectivity index (χ1n) is 12.9. The van der Waals surface area contributed by atoms with Crippen molar-refractivity contribution in [3.05, 3.63) is 132 Å². The Morgan fingerprint density at radius 3 is 1.58 bits per heavy atom. The summed E-state index contributed by atoms with van der Waals surface area (Å²) in [6.07, 6.45) is 2.92. The Labute approximate surface area is 225 Å². The SMILES string of the molecule is C=CC(=O)C(C)(O)COc1ccc(CCc2ccc(N(c3ccc(C)cc3)c3ccc(C)cc3)cc2)cc1. The van der Waals surface area contributed by atoms with Crippen LogP contribution in [0.5, 0.6) is 5.75 Å². The van der Waals surface area contributed by atoms with Crippen molar-refractivity contribution in [3.8, 4) is 5.75 Å². The average Bonchev–Trinajstić information content (AvgIpc) is 2.93. The van der Waals surface area contributed by atoms with Crippen LogP contribution in [0, 0.1) is 13.8 Å². The molecule has 0 aliphatic carbocycles. The Kier molecular flexibility index (Phi) is 8.45. The molecule has 38 heavy (non-hydrogen) atoms. The summed E-state index contributed by atoms with van der Waals surface area (Å²) in [5.41, 5.74) is 6.73. The molecular weight excluding hydrogens is 470 g/mol. The van der Waals surface area contributed by atoms with E-state index in [-0.39, 0.29) is 6.61 Å². The number of ketones is 1. The highest BCUT2D eigenvalue weighted by Crippen LogP contribution is 2.34. The fourth-order valence-electron chi connectivity index (χ4n) is 4.20. The summed E-state index contributed by atoms with van der Waals surface area (Å²) in [6, 6.07) is 33.8. The van der Waals surface area contributed by atoms with Gasteiger partial charge < -0.3 is 14.7 Å². The lowest BCUT2D eigenvalue weighted by Gasteiger charge is -2.26. The average molecular weight is 506 g/mol. The number of aryl methyl sites for hydroxylation is 4. The minimum atomic E-state index is -1.58. The molecule has 0 amide bonds. The molecule has 4 nitrogen and oxygen atoms in total. The topological polar surface area (TPSA) is 49.8 Å². The zero-order valence-electron chi connectivity index (χ0n) is 22.4. The van der Waals surface area contributed by atoms with Gasteiger partial charge in [0.2, 0.25) is 0 Å². The molecule has 1 unspecified atom stereocenters. The zero-order chi connectivity index (χ0) is 27.1. The predicted molar refractivity (Wildman–Crippen MR) is 156 cm³/mol. The number of hydrogen-bond acceptors (Lipinski definition) is 4. The van der Waals surface area contributed by atoms with Gasteiger partial charge in [-0.2, -0.15) is 0 Å². The minimum absolute atomic E-state index is 0.119. The summed E-state index contributed by atoms with van der Waals surface area (Å²) in [5, 5.41) is 10.2. The first-order valence-corrected chi connectivity index (χ1v) is 12.9. The Balaban J connectivity index is 1.41. The molecular formula is C34H35NO3. The van der Waals surface area contributed by atoms with Crippen molar-refractivity contribution in [2.24, 2.45) is 0 Å². The fraction of sp³-hybridized carbons (Fsp3) is 0.206. The first-order chi connectivity index (χ1) is 18.2. The number of hydrogen-bond donors (Lipinski definition) is 1. The Hall–Kier alpha value is -4.15. The molecule has 0 aliphatic rings. The van der Waals surface area contributed by atoms with Gasteiger partial charge in [0.25, 0.3) is 0 Å². The molecule has 4 aromatic carbocycles. The normalized spacial score (nSPS) is 12.4. The number of nitrogens with zero attached hydrogens (tertiary/aromatic N) is 1. The van der Waals surface area contributed by atoms with Gasteiger partial charge in [-0.15, -0.1) is 0 Å². The van der Waals surface area contributed by atoms with Crippen molar-refractivity contribution >= 4 is 22.8 Å². The predicted octanol–water partition coefficient (Wildman–Crippen LogP) is 7.44. The molecule has 1 atom stereocenters. The summed E-state index contributed by atoms with van der Waals surface area (Å²) >= 11 is 0. The number of ether oxygens (including phenoxy) is 1. The molecule has 0 heterocycles. The number of anilines is 3. The van der Waals surface area contributed by atoms with Gasteiger partial charge in [-0.1, -0.05) is 66.2 Å². The second-order valence-electron chi connectivity index (χ2n) is 9.95. The Morgan fingerprint density at radius 1 is 0.763 bits per heavy atom. The van der Waals surface area contributed by atoms with E-state index in [1.165, 1.54) is 29.2 Å². The lowest BCUT2D eigenvalue weighted by Crippen LogP contribution is -2.40. The van der Waals surface area contributed by atoms with E-state index in [2.05, 4.69) is 98.1 Å². The molecule has 0 saturated carbocycles. The third-order valence-electron chi connectivity index (χ3n) is 6.64. The summed E-state index contributed by atoms with van der Waals surface area (Å²) in [6.45, 7) is 8.93. The van der Waals surface area contributed by atoms with Crippen molar-refractivity contribution in [2.75, 3.05) is 11.5 Å². The molecule has 1 N–H and O–H groups in total. The minimum Gasteiger partial charge on any atom is -0.490 e. The molecule has 0 fully saturated rings. The first kappa shape index (κ1) is 26.9. The van der Waals surface area contributed by atoms with Crippen molar-refractivity contribution in [1.29, 1.82) is 0 Å². The van der Waals surface area contributed by atoms with Crippen molar-refractivity contribution in [1.82, 2.24) is 0 Å². The van der Waals surface area contributed by atoms with E-state index < -0.39 is 11.4 Å². The van der Waals surface area contributed by atoms with Gasteiger partial charge in [0, 0.05) is 17.1 Å². The quantitative estimate of drug-likeness (QED) is 0.215. The molecule has 0 radical (unpaired) electrons. The smallest absolute Gasteiger partial charge is 0.189 e. The molecule has 4 rings (SSSR count). The van der Waals surface area contributed by atoms with Crippen LogP contribution in [0.3, 0.4) is 0 Å². The number of benzene rings is 4. The maximum atomic E-state index is 11.7. The number of rotatable bonds is 11. The van der Waals surface area contributed by atoms with Crippen LogP contribution < -0.4 is 9.64 Å². The lowest BCUT2D eigenvalue weighted by molar-refractivity contribution is -0.133. The van der Waals surface area contributed by atoms with Gasteiger partial charge >= 0.3 is 0 Å². The fourth-order valence-corrected chi connectivity index (χ4v) is 4.20. The maximum absolute atomic E-state index is 11.7. The van der Waals surface area contributed by atoms with Crippen molar-refractivity contribution in [3.63, 3.8) is 0 Å². The molecule has 0 aliphatic heterocycles. The van der Waals surface area contributed by atoms with Crippen LogP contribution >= 0.6 is 0 Å². The third-order valence-corrected chi connectivity index (χ3v) is 6.64. The highest BCUT2D eigenvalue weighted by Gasteiger charge is 2.28. The van der Waals surface area contributed by atoms with E-state index in [0.29, 0.717) is 5.75 Å². The summed E-state index contributed by atoms with van der Waals surface area (Å²) in [7, 11) is 0. The van der Waals surface area contributed by atoms with Gasteiger partial charge in [0.05, 0.1) is 0 Å². The molecule has 0 saturated heterocycles. The van der Waals surface area contributed by atoms with Crippen LogP contribution in [0.25, 0.3) is 0 Å². The van der Waals surface area contributed by atoms with Gasteiger partial charge in [0.15, 0.2) is 11.4 Å².